The summed E-state index contributed by atoms with van der Waals surface area (Å²) < 4.78 is 9.72. The molecule has 1 aromatic carbocycles. The molecule has 1 aliphatic rings. The monoisotopic (exact) mass is 275 g/mol. The third-order valence-corrected chi connectivity index (χ3v) is 4.12. The van der Waals surface area contributed by atoms with Gasteiger partial charge in [-0.2, -0.15) is 0 Å². The molecule has 0 radical (unpaired) electrons. The van der Waals surface area contributed by atoms with Gasteiger partial charge in [-0.05, 0) is 48.5 Å². The lowest BCUT2D eigenvalue weighted by Gasteiger charge is -2.12. The Balaban J connectivity index is 1.77. The first-order valence-corrected chi connectivity index (χ1v) is 7.38. The molecule has 1 aliphatic carbocycles. The van der Waals surface area contributed by atoms with E-state index in [1.165, 1.54) is 24.4 Å². The summed E-state index contributed by atoms with van der Waals surface area (Å²) in [5.74, 6) is 0.927. The number of ether oxygens (including phenoxy) is 1. The van der Waals surface area contributed by atoms with Gasteiger partial charge in [0.25, 0.3) is 0 Å². The first-order chi connectivity index (χ1) is 9.28. The fourth-order valence-electron chi connectivity index (χ4n) is 1.98. The molecule has 19 heavy (non-hydrogen) atoms. The topological polar surface area (TPSA) is 61.0 Å². The van der Waals surface area contributed by atoms with E-state index in [1.54, 1.807) is 0 Å². The summed E-state index contributed by atoms with van der Waals surface area (Å²) in [5.41, 5.74) is 8.36. The molecule has 0 aliphatic heterocycles. The fourth-order valence-corrected chi connectivity index (χ4v) is 2.75. The molecule has 0 amide bonds. The van der Waals surface area contributed by atoms with E-state index in [2.05, 4.69) is 16.5 Å². The van der Waals surface area contributed by atoms with Gasteiger partial charge in [0.1, 0.15) is 5.75 Å². The molecule has 1 atom stereocenters. The van der Waals surface area contributed by atoms with Crippen LogP contribution in [0.25, 0.3) is 0 Å². The highest BCUT2D eigenvalue weighted by Gasteiger charge is 2.23. The Hall–Kier alpha value is -1.46. The SMILES string of the molecule is CCc1nnsc1C(N)c1ccc(OC2CC2)cc1. The minimum atomic E-state index is -0.148. The van der Waals surface area contributed by atoms with Crippen LogP contribution in [-0.4, -0.2) is 15.7 Å². The van der Waals surface area contributed by atoms with Crippen molar-refractivity contribution in [3.05, 3.63) is 40.4 Å². The van der Waals surface area contributed by atoms with Crippen LogP contribution in [0.1, 0.15) is 41.9 Å². The van der Waals surface area contributed by atoms with Gasteiger partial charge in [-0.15, -0.1) is 5.10 Å². The quantitative estimate of drug-likeness (QED) is 0.911. The number of nitrogens with zero attached hydrogens (tertiary/aromatic N) is 2. The highest BCUT2D eigenvalue weighted by atomic mass is 32.1. The van der Waals surface area contributed by atoms with Crippen molar-refractivity contribution in [2.45, 2.75) is 38.3 Å². The van der Waals surface area contributed by atoms with Gasteiger partial charge in [-0.3, -0.25) is 0 Å². The van der Waals surface area contributed by atoms with Crippen molar-refractivity contribution in [1.29, 1.82) is 0 Å². The standard InChI is InChI=1S/C14H17N3OS/c1-2-12-14(19-17-16-12)13(15)9-3-5-10(6-4-9)18-11-7-8-11/h3-6,11,13H,2,7-8,15H2,1H3. The number of rotatable bonds is 5. The molecular formula is C14H17N3OS. The second-order valence-electron chi connectivity index (χ2n) is 4.80. The van der Waals surface area contributed by atoms with E-state index in [0.717, 1.165) is 28.3 Å². The molecule has 1 heterocycles. The van der Waals surface area contributed by atoms with Crippen molar-refractivity contribution in [2.24, 2.45) is 5.73 Å². The van der Waals surface area contributed by atoms with Gasteiger partial charge in [-0.1, -0.05) is 23.5 Å². The van der Waals surface area contributed by atoms with Crippen LogP contribution in [0.15, 0.2) is 24.3 Å². The van der Waals surface area contributed by atoms with Gasteiger partial charge in [0.15, 0.2) is 0 Å². The van der Waals surface area contributed by atoms with Crippen molar-refractivity contribution < 1.29 is 4.74 Å². The summed E-state index contributed by atoms with van der Waals surface area (Å²) >= 11 is 1.38. The molecule has 2 N–H and O–H groups in total. The first kappa shape index (κ1) is 12.6. The zero-order chi connectivity index (χ0) is 13.2. The Labute approximate surface area is 116 Å². The lowest BCUT2D eigenvalue weighted by Crippen LogP contribution is -2.12. The molecular weight excluding hydrogens is 258 g/mol. The Morgan fingerprint density at radius 2 is 2.11 bits per heavy atom. The van der Waals surface area contributed by atoms with E-state index >= 15 is 0 Å². The van der Waals surface area contributed by atoms with E-state index in [4.69, 9.17) is 10.5 Å². The molecule has 1 saturated carbocycles. The summed E-state index contributed by atoms with van der Waals surface area (Å²) in [4.78, 5) is 1.05. The number of nitrogens with two attached hydrogens (primary N) is 1. The van der Waals surface area contributed by atoms with Crippen LogP contribution < -0.4 is 10.5 Å². The van der Waals surface area contributed by atoms with Crippen molar-refractivity contribution in [3.63, 3.8) is 0 Å². The molecule has 0 spiro atoms. The Morgan fingerprint density at radius 1 is 1.37 bits per heavy atom. The predicted octanol–water partition coefficient (Wildman–Crippen LogP) is 2.69. The van der Waals surface area contributed by atoms with E-state index in [9.17, 15) is 0 Å². The van der Waals surface area contributed by atoms with E-state index in [0.29, 0.717) is 6.10 Å². The van der Waals surface area contributed by atoms with E-state index in [-0.39, 0.29) is 6.04 Å². The average molecular weight is 275 g/mol. The summed E-state index contributed by atoms with van der Waals surface area (Å²) in [6.07, 6.45) is 3.64. The number of aromatic nitrogens is 2. The summed E-state index contributed by atoms with van der Waals surface area (Å²) in [7, 11) is 0. The van der Waals surface area contributed by atoms with E-state index in [1.807, 2.05) is 24.3 Å². The molecule has 4 nitrogen and oxygen atoms in total. The second kappa shape index (κ2) is 5.27. The summed E-state index contributed by atoms with van der Waals surface area (Å²) in [6, 6.07) is 7.90. The second-order valence-corrected chi connectivity index (χ2v) is 5.59. The van der Waals surface area contributed by atoms with Crippen LogP contribution >= 0.6 is 11.5 Å². The number of hydrogen-bond acceptors (Lipinski definition) is 5. The molecule has 5 heteroatoms. The maximum atomic E-state index is 6.29. The number of hydrogen-bond donors (Lipinski definition) is 1. The molecule has 100 valence electrons. The Morgan fingerprint density at radius 3 is 2.74 bits per heavy atom. The first-order valence-electron chi connectivity index (χ1n) is 6.61. The van der Waals surface area contributed by atoms with Gasteiger partial charge in [0, 0.05) is 0 Å². The smallest absolute Gasteiger partial charge is 0.119 e. The maximum absolute atomic E-state index is 6.29. The van der Waals surface area contributed by atoms with Gasteiger partial charge in [0.05, 0.1) is 22.7 Å². The minimum Gasteiger partial charge on any atom is -0.490 e. The molecule has 1 fully saturated rings. The lowest BCUT2D eigenvalue weighted by molar-refractivity contribution is 0.303. The fraction of sp³-hybridized carbons (Fsp3) is 0.429. The predicted molar refractivity (Wildman–Crippen MR) is 75.4 cm³/mol. The Bertz CT molecular complexity index is 548. The number of aryl methyl sites for hydroxylation is 1. The van der Waals surface area contributed by atoms with Crippen LogP contribution in [0.3, 0.4) is 0 Å². The molecule has 0 saturated heterocycles. The molecule has 1 unspecified atom stereocenters. The van der Waals surface area contributed by atoms with Crippen molar-refractivity contribution in [1.82, 2.24) is 9.59 Å². The van der Waals surface area contributed by atoms with Crippen LogP contribution in [0.4, 0.5) is 0 Å². The maximum Gasteiger partial charge on any atom is 0.119 e. The molecule has 2 aromatic rings. The zero-order valence-electron chi connectivity index (χ0n) is 10.9. The minimum absolute atomic E-state index is 0.148. The molecule has 1 aromatic heterocycles. The average Bonchev–Trinajstić information content (AvgIpc) is 3.12. The van der Waals surface area contributed by atoms with Crippen LogP contribution in [0.5, 0.6) is 5.75 Å². The van der Waals surface area contributed by atoms with Crippen molar-refractivity contribution in [3.8, 4) is 5.75 Å². The molecule has 3 rings (SSSR count). The summed E-state index contributed by atoms with van der Waals surface area (Å²) in [5, 5.41) is 4.11. The van der Waals surface area contributed by atoms with Crippen LogP contribution in [0.2, 0.25) is 0 Å². The summed E-state index contributed by atoms with van der Waals surface area (Å²) in [6.45, 7) is 2.07. The van der Waals surface area contributed by atoms with Crippen molar-refractivity contribution in [2.75, 3.05) is 0 Å². The third kappa shape index (κ3) is 2.77. The number of benzene rings is 1. The van der Waals surface area contributed by atoms with Gasteiger partial charge < -0.3 is 10.5 Å². The largest absolute Gasteiger partial charge is 0.490 e. The molecule has 0 bridgehead atoms. The zero-order valence-corrected chi connectivity index (χ0v) is 11.7. The van der Waals surface area contributed by atoms with Gasteiger partial charge >= 0.3 is 0 Å². The normalized spacial score (nSPS) is 16.3. The van der Waals surface area contributed by atoms with Gasteiger partial charge in [-0.25, -0.2) is 0 Å². The Kier molecular flexibility index (Phi) is 3.48. The van der Waals surface area contributed by atoms with Crippen LogP contribution in [-0.2, 0) is 6.42 Å². The van der Waals surface area contributed by atoms with Gasteiger partial charge in [0.2, 0.25) is 0 Å². The highest BCUT2D eigenvalue weighted by molar-refractivity contribution is 7.05. The van der Waals surface area contributed by atoms with Crippen LogP contribution in [0, 0.1) is 0 Å². The lowest BCUT2D eigenvalue weighted by atomic mass is 10.0. The van der Waals surface area contributed by atoms with Crippen molar-refractivity contribution >= 4 is 11.5 Å². The van der Waals surface area contributed by atoms with E-state index < -0.39 is 0 Å². The third-order valence-electron chi connectivity index (χ3n) is 3.27. The highest BCUT2D eigenvalue weighted by Crippen LogP contribution is 2.29.